The van der Waals surface area contributed by atoms with E-state index in [4.69, 9.17) is 0 Å². The van der Waals surface area contributed by atoms with Crippen LogP contribution in [0.3, 0.4) is 0 Å². The molecule has 0 saturated heterocycles. The van der Waals surface area contributed by atoms with Gasteiger partial charge in [-0.1, -0.05) is 60.7 Å². The van der Waals surface area contributed by atoms with Crippen molar-refractivity contribution in [2.45, 2.75) is 13.1 Å². The van der Waals surface area contributed by atoms with Gasteiger partial charge in [0.15, 0.2) is 5.65 Å². The van der Waals surface area contributed by atoms with Gasteiger partial charge in [0.2, 0.25) is 0 Å². The van der Waals surface area contributed by atoms with Gasteiger partial charge in [0.05, 0.1) is 6.20 Å². The molecular weight excluding hydrogens is 340 g/mol. The summed E-state index contributed by atoms with van der Waals surface area (Å²) in [6.45, 7) is 1.33. The average Bonchev–Trinajstić information content (AvgIpc) is 3.14. The molecule has 134 valence electrons. The number of carboxylic acids is 1. The first kappa shape index (κ1) is 16.8. The van der Waals surface area contributed by atoms with Crippen LogP contribution in [0, 0.1) is 0 Å². The number of fused-ring (bicyclic) bond motifs is 1. The third kappa shape index (κ3) is 3.50. The third-order valence-electron chi connectivity index (χ3n) is 4.37. The standard InChI is InChI=1S/C21H18N4O2/c26-21(27)18-13-23-25-19(11-12-22-20(18)25)24(14-16-7-3-1-4-8-16)15-17-9-5-2-6-10-17/h1-13H,14-15H2,(H,26,27). The predicted octanol–water partition coefficient (Wildman–Crippen LogP) is 3.63. The second-order valence-electron chi connectivity index (χ2n) is 6.23. The number of anilines is 1. The molecule has 0 radical (unpaired) electrons. The first-order chi connectivity index (χ1) is 13.2. The zero-order valence-electron chi connectivity index (χ0n) is 14.6. The number of nitrogens with zero attached hydrogens (tertiary/aromatic N) is 4. The second kappa shape index (κ2) is 7.29. The Morgan fingerprint density at radius 3 is 2.07 bits per heavy atom. The van der Waals surface area contributed by atoms with Crippen LogP contribution in [-0.4, -0.2) is 25.7 Å². The molecule has 6 heteroatoms. The van der Waals surface area contributed by atoms with Crippen LogP contribution in [0.2, 0.25) is 0 Å². The van der Waals surface area contributed by atoms with Gasteiger partial charge in [-0.05, 0) is 17.2 Å². The topological polar surface area (TPSA) is 70.7 Å². The van der Waals surface area contributed by atoms with Crippen molar-refractivity contribution in [2.24, 2.45) is 0 Å². The number of aromatic nitrogens is 3. The summed E-state index contributed by atoms with van der Waals surface area (Å²) in [5, 5.41) is 13.6. The summed E-state index contributed by atoms with van der Waals surface area (Å²) in [6, 6.07) is 22.2. The van der Waals surface area contributed by atoms with Crippen LogP contribution in [0.15, 0.2) is 79.1 Å². The molecule has 0 aliphatic rings. The molecule has 2 heterocycles. The first-order valence-corrected chi connectivity index (χ1v) is 8.61. The molecule has 0 spiro atoms. The molecule has 0 aliphatic carbocycles. The zero-order chi connectivity index (χ0) is 18.6. The predicted molar refractivity (Wildman–Crippen MR) is 103 cm³/mol. The van der Waals surface area contributed by atoms with Crippen LogP contribution >= 0.6 is 0 Å². The summed E-state index contributed by atoms with van der Waals surface area (Å²) in [6.07, 6.45) is 2.97. The first-order valence-electron chi connectivity index (χ1n) is 8.61. The highest BCUT2D eigenvalue weighted by molar-refractivity contribution is 5.94. The fourth-order valence-electron chi connectivity index (χ4n) is 3.09. The van der Waals surface area contributed by atoms with Crippen LogP contribution in [0.25, 0.3) is 5.65 Å². The Hall–Kier alpha value is -3.67. The van der Waals surface area contributed by atoms with Crippen LogP contribution < -0.4 is 4.90 Å². The molecule has 0 fully saturated rings. The number of rotatable bonds is 6. The van der Waals surface area contributed by atoms with Gasteiger partial charge in [0.25, 0.3) is 0 Å². The van der Waals surface area contributed by atoms with Crippen molar-refractivity contribution in [3.05, 3.63) is 95.8 Å². The second-order valence-corrected chi connectivity index (χ2v) is 6.23. The minimum absolute atomic E-state index is 0.0937. The fourth-order valence-corrected chi connectivity index (χ4v) is 3.09. The van der Waals surface area contributed by atoms with Crippen molar-refractivity contribution >= 4 is 17.4 Å². The molecule has 0 saturated carbocycles. The van der Waals surface area contributed by atoms with Gasteiger partial charge < -0.3 is 10.0 Å². The van der Waals surface area contributed by atoms with Crippen LogP contribution in [-0.2, 0) is 13.1 Å². The lowest BCUT2D eigenvalue weighted by atomic mass is 10.1. The van der Waals surface area contributed by atoms with Gasteiger partial charge >= 0.3 is 5.97 Å². The molecule has 2 aromatic heterocycles. The van der Waals surface area contributed by atoms with Crippen LogP contribution in [0.1, 0.15) is 21.5 Å². The molecule has 2 aromatic carbocycles. The van der Waals surface area contributed by atoms with Crippen molar-refractivity contribution < 1.29 is 9.90 Å². The van der Waals surface area contributed by atoms with E-state index in [2.05, 4.69) is 39.2 Å². The lowest BCUT2D eigenvalue weighted by Gasteiger charge is -2.25. The molecule has 4 rings (SSSR count). The van der Waals surface area contributed by atoms with Crippen molar-refractivity contribution in [1.82, 2.24) is 14.6 Å². The average molecular weight is 358 g/mol. The Balaban J connectivity index is 1.78. The van der Waals surface area contributed by atoms with Crippen LogP contribution in [0.4, 0.5) is 5.82 Å². The van der Waals surface area contributed by atoms with Crippen molar-refractivity contribution in [2.75, 3.05) is 4.90 Å². The van der Waals surface area contributed by atoms with E-state index in [1.807, 2.05) is 42.5 Å². The van der Waals surface area contributed by atoms with Gasteiger partial charge in [-0.2, -0.15) is 9.61 Å². The summed E-state index contributed by atoms with van der Waals surface area (Å²) in [5.74, 6) is -0.243. The maximum atomic E-state index is 11.4. The van der Waals surface area contributed by atoms with Gasteiger partial charge in [-0.25, -0.2) is 9.78 Å². The smallest absolute Gasteiger partial charge is 0.341 e. The largest absolute Gasteiger partial charge is 0.477 e. The quantitative estimate of drug-likeness (QED) is 0.570. The SMILES string of the molecule is O=C(O)c1cnn2c(N(Cc3ccccc3)Cc3ccccc3)ccnc12. The highest BCUT2D eigenvalue weighted by Crippen LogP contribution is 2.22. The minimum atomic E-state index is -1.03. The van der Waals surface area contributed by atoms with Gasteiger partial charge in [0.1, 0.15) is 11.4 Å². The van der Waals surface area contributed by atoms with Gasteiger partial charge in [0, 0.05) is 19.3 Å². The Morgan fingerprint density at radius 1 is 0.926 bits per heavy atom. The van der Waals surface area contributed by atoms with Crippen molar-refractivity contribution in [3.8, 4) is 0 Å². The van der Waals surface area contributed by atoms with E-state index in [1.54, 1.807) is 10.7 Å². The minimum Gasteiger partial charge on any atom is -0.477 e. The number of benzene rings is 2. The third-order valence-corrected chi connectivity index (χ3v) is 4.37. The fraction of sp³-hybridized carbons (Fsp3) is 0.0952. The molecule has 1 N–H and O–H groups in total. The normalized spacial score (nSPS) is 10.8. The number of carboxylic acid groups (broad SMARTS) is 1. The maximum absolute atomic E-state index is 11.4. The molecular formula is C21H18N4O2. The molecule has 0 aliphatic heterocycles. The Kier molecular flexibility index (Phi) is 4.53. The monoisotopic (exact) mass is 358 g/mol. The molecule has 0 bridgehead atoms. The zero-order valence-corrected chi connectivity index (χ0v) is 14.6. The summed E-state index contributed by atoms with van der Waals surface area (Å²) in [4.78, 5) is 17.8. The highest BCUT2D eigenvalue weighted by atomic mass is 16.4. The molecule has 27 heavy (non-hydrogen) atoms. The number of aromatic carboxylic acids is 1. The Labute approximate surface area is 156 Å². The lowest BCUT2D eigenvalue weighted by molar-refractivity contribution is 0.0698. The van der Waals surface area contributed by atoms with Crippen LogP contribution in [0.5, 0.6) is 0 Å². The van der Waals surface area contributed by atoms with Gasteiger partial charge in [-0.15, -0.1) is 0 Å². The molecule has 4 aromatic rings. The Bertz CT molecular complexity index is 1020. The molecule has 6 nitrogen and oxygen atoms in total. The van der Waals surface area contributed by atoms with E-state index in [0.29, 0.717) is 18.7 Å². The van der Waals surface area contributed by atoms with E-state index in [9.17, 15) is 9.90 Å². The number of hydrogen-bond acceptors (Lipinski definition) is 4. The van der Waals surface area contributed by atoms with E-state index in [1.165, 1.54) is 6.20 Å². The van der Waals surface area contributed by atoms with Crippen molar-refractivity contribution in [1.29, 1.82) is 0 Å². The van der Waals surface area contributed by atoms with E-state index in [-0.39, 0.29) is 5.56 Å². The van der Waals surface area contributed by atoms with E-state index >= 15 is 0 Å². The molecule has 0 unspecified atom stereocenters. The molecule has 0 amide bonds. The van der Waals surface area contributed by atoms with E-state index < -0.39 is 5.97 Å². The lowest BCUT2D eigenvalue weighted by Crippen LogP contribution is -2.24. The highest BCUT2D eigenvalue weighted by Gasteiger charge is 2.18. The van der Waals surface area contributed by atoms with Gasteiger partial charge in [-0.3, -0.25) is 0 Å². The van der Waals surface area contributed by atoms with E-state index in [0.717, 1.165) is 16.9 Å². The summed E-state index contributed by atoms with van der Waals surface area (Å²) in [5.41, 5.74) is 2.75. The van der Waals surface area contributed by atoms with Crippen molar-refractivity contribution in [3.63, 3.8) is 0 Å². The Morgan fingerprint density at radius 2 is 1.52 bits per heavy atom. The number of carbonyl (C=O) groups is 1. The summed E-state index contributed by atoms with van der Waals surface area (Å²) < 4.78 is 1.59. The summed E-state index contributed by atoms with van der Waals surface area (Å²) in [7, 11) is 0. The molecule has 0 atom stereocenters. The summed E-state index contributed by atoms with van der Waals surface area (Å²) >= 11 is 0. The maximum Gasteiger partial charge on any atom is 0.341 e. The number of hydrogen-bond donors (Lipinski definition) is 1.